The van der Waals surface area contributed by atoms with Gasteiger partial charge in [0.2, 0.25) is 5.91 Å². The smallest absolute Gasteiger partial charge is 0.244 e. The second-order valence-electron chi connectivity index (χ2n) is 4.26. The summed E-state index contributed by atoms with van der Waals surface area (Å²) in [4.78, 5) is 11.5. The van der Waals surface area contributed by atoms with Crippen LogP contribution in [0.5, 0.6) is 0 Å². The Morgan fingerprint density at radius 3 is 2.22 bits per heavy atom. The minimum atomic E-state index is -0.506. The molecule has 0 aliphatic heterocycles. The number of nitrogens with two attached hydrogens (primary N) is 1. The van der Waals surface area contributed by atoms with Gasteiger partial charge < -0.3 is 11.1 Å². The van der Waals surface area contributed by atoms with Crippen molar-refractivity contribution < 1.29 is 4.79 Å². The molecule has 0 saturated carbocycles. The molecule has 1 amide bonds. The molecule has 1 atom stereocenters. The molecule has 3 heteroatoms. The fraction of sp³-hybridized carbons (Fsp3) is 0.133. The summed E-state index contributed by atoms with van der Waals surface area (Å²) in [5.41, 5.74) is 8.37. The molecule has 0 heterocycles. The van der Waals surface area contributed by atoms with Crippen LogP contribution >= 0.6 is 0 Å². The number of hydrogen-bond donors (Lipinski definition) is 2. The van der Waals surface area contributed by atoms with Gasteiger partial charge in [-0.1, -0.05) is 48.0 Å². The molecule has 0 fully saturated rings. The molecule has 0 bridgehead atoms. The molecular formula is C15H16N2O. The second-order valence-corrected chi connectivity index (χ2v) is 4.26. The Hall–Kier alpha value is -2.29. The summed E-state index contributed by atoms with van der Waals surface area (Å²) >= 11 is 0. The van der Waals surface area contributed by atoms with Crippen molar-refractivity contribution in [3.05, 3.63) is 65.7 Å². The van der Waals surface area contributed by atoms with Gasteiger partial charge in [0, 0.05) is 5.69 Å². The van der Waals surface area contributed by atoms with Gasteiger partial charge in [0.25, 0.3) is 0 Å². The summed E-state index contributed by atoms with van der Waals surface area (Å²) in [5.74, 6) is -0.387. The SMILES string of the molecule is Cc1ccc(N[C@@H](C(N)=O)c2ccccc2)cc1. The van der Waals surface area contributed by atoms with E-state index in [-0.39, 0.29) is 5.91 Å². The predicted molar refractivity (Wildman–Crippen MR) is 73.2 cm³/mol. The Kier molecular flexibility index (Phi) is 3.63. The van der Waals surface area contributed by atoms with Crippen LogP contribution in [0.2, 0.25) is 0 Å². The van der Waals surface area contributed by atoms with E-state index in [0.29, 0.717) is 0 Å². The molecule has 3 N–H and O–H groups in total. The van der Waals surface area contributed by atoms with Crippen LogP contribution in [0.4, 0.5) is 5.69 Å². The largest absolute Gasteiger partial charge is 0.370 e. The van der Waals surface area contributed by atoms with Gasteiger partial charge in [0.05, 0.1) is 0 Å². The zero-order valence-electron chi connectivity index (χ0n) is 10.3. The van der Waals surface area contributed by atoms with Crippen LogP contribution in [-0.4, -0.2) is 5.91 Å². The number of nitrogens with one attached hydrogen (secondary N) is 1. The van der Waals surface area contributed by atoms with E-state index >= 15 is 0 Å². The minimum absolute atomic E-state index is 0.387. The van der Waals surface area contributed by atoms with Crippen molar-refractivity contribution in [1.82, 2.24) is 0 Å². The van der Waals surface area contributed by atoms with Crippen molar-refractivity contribution >= 4 is 11.6 Å². The van der Waals surface area contributed by atoms with Crippen LogP contribution in [0.15, 0.2) is 54.6 Å². The number of hydrogen-bond acceptors (Lipinski definition) is 2. The molecule has 0 aliphatic carbocycles. The number of carbonyl (C=O) groups excluding carboxylic acids is 1. The van der Waals surface area contributed by atoms with Gasteiger partial charge in [-0.25, -0.2) is 0 Å². The Morgan fingerprint density at radius 2 is 1.67 bits per heavy atom. The van der Waals surface area contributed by atoms with Gasteiger partial charge >= 0.3 is 0 Å². The zero-order valence-corrected chi connectivity index (χ0v) is 10.3. The molecule has 0 saturated heterocycles. The number of benzene rings is 2. The van der Waals surface area contributed by atoms with Crippen LogP contribution in [0.3, 0.4) is 0 Å². The quantitative estimate of drug-likeness (QED) is 0.863. The van der Waals surface area contributed by atoms with E-state index in [1.54, 1.807) is 0 Å². The summed E-state index contributed by atoms with van der Waals surface area (Å²) in [6, 6.07) is 16.8. The van der Waals surface area contributed by atoms with Crippen molar-refractivity contribution in [2.75, 3.05) is 5.32 Å². The lowest BCUT2D eigenvalue weighted by Gasteiger charge is -2.17. The first-order valence-electron chi connectivity index (χ1n) is 5.84. The van der Waals surface area contributed by atoms with Crippen molar-refractivity contribution in [3.63, 3.8) is 0 Å². The number of anilines is 1. The summed E-state index contributed by atoms with van der Waals surface area (Å²) in [6.07, 6.45) is 0. The molecule has 2 rings (SSSR count). The van der Waals surface area contributed by atoms with Crippen molar-refractivity contribution in [2.24, 2.45) is 5.73 Å². The monoisotopic (exact) mass is 240 g/mol. The molecular weight excluding hydrogens is 224 g/mol. The highest BCUT2D eigenvalue weighted by Crippen LogP contribution is 2.19. The van der Waals surface area contributed by atoms with Gasteiger partial charge in [0.15, 0.2) is 0 Å². The molecule has 0 radical (unpaired) electrons. The molecule has 2 aromatic carbocycles. The van der Waals surface area contributed by atoms with Crippen LogP contribution < -0.4 is 11.1 Å². The number of amides is 1. The van der Waals surface area contributed by atoms with Gasteiger partial charge in [-0.05, 0) is 24.6 Å². The van der Waals surface area contributed by atoms with Crippen LogP contribution in [0, 0.1) is 6.92 Å². The van der Waals surface area contributed by atoms with Crippen LogP contribution in [-0.2, 0) is 4.79 Å². The predicted octanol–water partition coefficient (Wildman–Crippen LogP) is 2.63. The fourth-order valence-electron chi connectivity index (χ4n) is 1.78. The third kappa shape index (κ3) is 2.88. The van der Waals surface area contributed by atoms with Crippen molar-refractivity contribution in [2.45, 2.75) is 13.0 Å². The fourth-order valence-corrected chi connectivity index (χ4v) is 1.78. The van der Waals surface area contributed by atoms with Crippen LogP contribution in [0.25, 0.3) is 0 Å². The summed E-state index contributed by atoms with van der Waals surface area (Å²) in [5, 5.41) is 3.15. The highest BCUT2D eigenvalue weighted by molar-refractivity contribution is 5.84. The molecule has 2 aromatic rings. The Morgan fingerprint density at radius 1 is 1.06 bits per heavy atom. The van der Waals surface area contributed by atoms with Gasteiger partial charge in [-0.15, -0.1) is 0 Å². The maximum absolute atomic E-state index is 11.5. The lowest BCUT2D eigenvalue weighted by molar-refractivity contribution is -0.118. The normalized spacial score (nSPS) is 11.8. The third-order valence-corrected chi connectivity index (χ3v) is 2.78. The molecule has 0 spiro atoms. The standard InChI is InChI=1S/C15H16N2O/c1-11-7-9-13(10-8-11)17-14(15(16)18)12-5-3-2-4-6-12/h2-10,14,17H,1H3,(H2,16,18)/t14-/m1/s1. The maximum Gasteiger partial charge on any atom is 0.244 e. The third-order valence-electron chi connectivity index (χ3n) is 2.78. The lowest BCUT2D eigenvalue weighted by atomic mass is 10.1. The van der Waals surface area contributed by atoms with Crippen molar-refractivity contribution in [1.29, 1.82) is 0 Å². The minimum Gasteiger partial charge on any atom is -0.370 e. The average Bonchev–Trinajstić information content (AvgIpc) is 2.38. The van der Waals surface area contributed by atoms with E-state index in [0.717, 1.165) is 11.3 Å². The summed E-state index contributed by atoms with van der Waals surface area (Å²) in [7, 11) is 0. The van der Waals surface area contributed by atoms with Gasteiger partial charge in [-0.3, -0.25) is 4.79 Å². The zero-order chi connectivity index (χ0) is 13.0. The highest BCUT2D eigenvalue weighted by atomic mass is 16.1. The number of rotatable bonds is 4. The Labute approximate surface area is 107 Å². The topological polar surface area (TPSA) is 55.1 Å². The molecule has 92 valence electrons. The summed E-state index contributed by atoms with van der Waals surface area (Å²) in [6.45, 7) is 2.02. The highest BCUT2D eigenvalue weighted by Gasteiger charge is 2.16. The molecule has 0 aliphatic rings. The lowest BCUT2D eigenvalue weighted by Crippen LogP contribution is -2.27. The average molecular weight is 240 g/mol. The number of carbonyl (C=O) groups is 1. The van der Waals surface area contributed by atoms with E-state index in [1.807, 2.05) is 61.5 Å². The molecule has 0 aromatic heterocycles. The van der Waals surface area contributed by atoms with E-state index in [9.17, 15) is 4.79 Å². The number of primary amides is 1. The summed E-state index contributed by atoms with van der Waals surface area (Å²) < 4.78 is 0. The maximum atomic E-state index is 11.5. The van der Waals surface area contributed by atoms with E-state index < -0.39 is 6.04 Å². The van der Waals surface area contributed by atoms with Crippen molar-refractivity contribution in [3.8, 4) is 0 Å². The first-order valence-corrected chi connectivity index (χ1v) is 5.84. The molecule has 18 heavy (non-hydrogen) atoms. The first-order chi connectivity index (χ1) is 8.66. The molecule has 3 nitrogen and oxygen atoms in total. The van der Waals surface area contributed by atoms with E-state index in [1.165, 1.54) is 5.56 Å². The Balaban J connectivity index is 2.22. The van der Waals surface area contributed by atoms with Gasteiger partial charge in [0.1, 0.15) is 6.04 Å². The number of aryl methyl sites for hydroxylation is 1. The first kappa shape index (κ1) is 12.2. The van der Waals surface area contributed by atoms with Gasteiger partial charge in [-0.2, -0.15) is 0 Å². The van der Waals surface area contributed by atoms with E-state index in [4.69, 9.17) is 5.73 Å². The van der Waals surface area contributed by atoms with Crippen LogP contribution in [0.1, 0.15) is 17.2 Å². The van der Waals surface area contributed by atoms with E-state index in [2.05, 4.69) is 5.32 Å². The second kappa shape index (κ2) is 5.36. The molecule has 0 unspecified atom stereocenters. The Bertz CT molecular complexity index is 520.